The average molecular weight is 333 g/mol. The Kier molecular flexibility index (Phi) is 5.95. The molecule has 1 amide bonds. The van der Waals surface area contributed by atoms with Crippen LogP contribution in [0.4, 0.5) is 0 Å². The molecule has 1 saturated heterocycles. The van der Waals surface area contributed by atoms with Crippen molar-refractivity contribution in [2.75, 3.05) is 13.2 Å². The van der Waals surface area contributed by atoms with Gasteiger partial charge >= 0.3 is 5.97 Å². The van der Waals surface area contributed by atoms with Crippen molar-refractivity contribution in [1.29, 1.82) is 0 Å². The van der Waals surface area contributed by atoms with Gasteiger partial charge in [-0.25, -0.2) is 0 Å². The first-order valence-electron chi connectivity index (χ1n) is 8.16. The zero-order chi connectivity index (χ0) is 17.7. The molecule has 0 aliphatic carbocycles. The number of carbonyl (C=O) groups excluding carboxylic acids is 2. The third-order valence-electron chi connectivity index (χ3n) is 4.44. The number of ketones is 1. The molecule has 1 heterocycles. The number of rotatable bonds is 7. The molecule has 1 aromatic carbocycles. The molecule has 6 nitrogen and oxygen atoms in total. The molecule has 1 aliphatic rings. The van der Waals surface area contributed by atoms with Crippen LogP contribution in [0.25, 0.3) is 0 Å². The van der Waals surface area contributed by atoms with Crippen LogP contribution in [0.5, 0.6) is 5.75 Å². The molecule has 6 heteroatoms. The predicted octanol–water partition coefficient (Wildman–Crippen LogP) is 2.37. The number of hydrogen-bond donors (Lipinski definition) is 1. The van der Waals surface area contributed by atoms with Crippen molar-refractivity contribution in [3.63, 3.8) is 0 Å². The normalized spacial score (nSPS) is 20.0. The van der Waals surface area contributed by atoms with Gasteiger partial charge in [0.05, 0.1) is 12.5 Å². The van der Waals surface area contributed by atoms with E-state index in [4.69, 9.17) is 9.84 Å². The fraction of sp³-hybridized carbons (Fsp3) is 0.500. The van der Waals surface area contributed by atoms with E-state index in [1.165, 1.54) is 6.92 Å². The number of Topliss-reactive ketones (excluding diaryl/α,β-unsaturated/α-hetero) is 1. The maximum absolute atomic E-state index is 12.2. The quantitative estimate of drug-likeness (QED) is 0.612. The molecule has 2 unspecified atom stereocenters. The van der Waals surface area contributed by atoms with Gasteiger partial charge in [0.15, 0.2) is 5.78 Å². The molecule has 2 atom stereocenters. The van der Waals surface area contributed by atoms with E-state index in [-0.39, 0.29) is 17.7 Å². The Labute approximate surface area is 141 Å². The first-order chi connectivity index (χ1) is 11.4. The number of carbonyl (C=O) groups is 3. The molecule has 0 saturated carbocycles. The summed E-state index contributed by atoms with van der Waals surface area (Å²) >= 11 is 0. The van der Waals surface area contributed by atoms with E-state index < -0.39 is 11.9 Å². The van der Waals surface area contributed by atoms with E-state index in [2.05, 4.69) is 0 Å². The Bertz CT molecular complexity index is 628. The van der Waals surface area contributed by atoms with Gasteiger partial charge in [-0.2, -0.15) is 0 Å². The lowest BCUT2D eigenvalue weighted by molar-refractivity contribution is -0.143. The Hall–Kier alpha value is -2.37. The summed E-state index contributed by atoms with van der Waals surface area (Å²) in [5, 5.41) is 9.10. The number of hydrogen-bond acceptors (Lipinski definition) is 4. The summed E-state index contributed by atoms with van der Waals surface area (Å²) in [7, 11) is 0. The number of benzene rings is 1. The summed E-state index contributed by atoms with van der Waals surface area (Å²) in [6.07, 6.45) is 1.38. The highest BCUT2D eigenvalue weighted by molar-refractivity contribution is 5.94. The van der Waals surface area contributed by atoms with Crippen LogP contribution in [0.1, 0.15) is 43.5 Å². The standard InChI is InChI=1S/C18H23NO5/c1-12-16(18(22)23)8-9-19(12)17(21)7-4-10-24-15-6-3-5-14(11-15)13(2)20/h3,5-6,11-12,16H,4,7-10H2,1-2H3,(H,22,23). The van der Waals surface area contributed by atoms with Crippen LogP contribution in [0.2, 0.25) is 0 Å². The van der Waals surface area contributed by atoms with Crippen LogP contribution in [-0.4, -0.2) is 46.9 Å². The Morgan fingerprint density at radius 1 is 1.33 bits per heavy atom. The van der Waals surface area contributed by atoms with Crippen LogP contribution < -0.4 is 4.74 Å². The Balaban J connectivity index is 1.76. The summed E-state index contributed by atoms with van der Waals surface area (Å²) in [5.74, 6) is -0.763. The van der Waals surface area contributed by atoms with Crippen molar-refractivity contribution in [1.82, 2.24) is 4.90 Å². The summed E-state index contributed by atoms with van der Waals surface area (Å²) in [6.45, 7) is 4.16. The van der Waals surface area contributed by atoms with Gasteiger partial charge in [0, 0.05) is 24.6 Å². The monoisotopic (exact) mass is 333 g/mol. The van der Waals surface area contributed by atoms with Gasteiger partial charge in [0.2, 0.25) is 5.91 Å². The van der Waals surface area contributed by atoms with Crippen LogP contribution in [0.15, 0.2) is 24.3 Å². The number of carboxylic acids is 1. The fourth-order valence-electron chi connectivity index (χ4n) is 2.98. The lowest BCUT2D eigenvalue weighted by atomic mass is 10.0. The number of likely N-dealkylation sites (tertiary alicyclic amines) is 1. The van der Waals surface area contributed by atoms with Gasteiger partial charge in [-0.3, -0.25) is 14.4 Å². The maximum atomic E-state index is 12.2. The van der Waals surface area contributed by atoms with E-state index in [9.17, 15) is 14.4 Å². The van der Waals surface area contributed by atoms with Gasteiger partial charge < -0.3 is 14.7 Å². The second kappa shape index (κ2) is 7.95. The van der Waals surface area contributed by atoms with Crippen LogP contribution in [0.3, 0.4) is 0 Å². The third kappa shape index (κ3) is 4.34. The molecule has 1 fully saturated rings. The Morgan fingerprint density at radius 2 is 2.08 bits per heavy atom. The first-order valence-corrected chi connectivity index (χ1v) is 8.16. The molecule has 0 spiro atoms. The van der Waals surface area contributed by atoms with Crippen LogP contribution in [0, 0.1) is 5.92 Å². The summed E-state index contributed by atoms with van der Waals surface area (Å²) in [5.41, 5.74) is 0.592. The van der Waals surface area contributed by atoms with Crippen molar-refractivity contribution in [3.05, 3.63) is 29.8 Å². The minimum Gasteiger partial charge on any atom is -0.494 e. The lowest BCUT2D eigenvalue weighted by Gasteiger charge is -2.23. The third-order valence-corrected chi connectivity index (χ3v) is 4.44. The lowest BCUT2D eigenvalue weighted by Crippen LogP contribution is -2.37. The number of amides is 1. The average Bonchev–Trinajstić information content (AvgIpc) is 2.93. The first kappa shape index (κ1) is 18.0. The molecule has 2 rings (SSSR count). The van der Waals surface area contributed by atoms with Crippen molar-refractivity contribution in [3.8, 4) is 5.75 Å². The number of aliphatic carboxylic acids is 1. The van der Waals surface area contributed by atoms with E-state index in [0.717, 1.165) is 0 Å². The van der Waals surface area contributed by atoms with Gasteiger partial charge in [-0.05, 0) is 38.8 Å². The minimum atomic E-state index is -0.841. The van der Waals surface area contributed by atoms with E-state index in [1.807, 2.05) is 0 Å². The number of carboxylic acid groups (broad SMARTS) is 1. The van der Waals surface area contributed by atoms with Crippen molar-refractivity contribution in [2.24, 2.45) is 5.92 Å². The summed E-state index contributed by atoms with van der Waals surface area (Å²) in [4.78, 5) is 36.3. The molecule has 0 bridgehead atoms. The van der Waals surface area contributed by atoms with Gasteiger partial charge in [-0.15, -0.1) is 0 Å². The number of ether oxygens (including phenoxy) is 1. The van der Waals surface area contributed by atoms with Gasteiger partial charge in [-0.1, -0.05) is 12.1 Å². The molecule has 130 valence electrons. The predicted molar refractivity (Wildman–Crippen MR) is 88.1 cm³/mol. The second-order valence-electron chi connectivity index (χ2n) is 6.10. The molecule has 24 heavy (non-hydrogen) atoms. The van der Waals surface area contributed by atoms with Gasteiger partial charge in [0.25, 0.3) is 0 Å². The zero-order valence-electron chi connectivity index (χ0n) is 14.0. The fourth-order valence-corrected chi connectivity index (χ4v) is 2.98. The molecule has 1 N–H and O–H groups in total. The zero-order valence-corrected chi connectivity index (χ0v) is 14.0. The van der Waals surface area contributed by atoms with E-state index >= 15 is 0 Å². The topological polar surface area (TPSA) is 83.9 Å². The number of nitrogens with zero attached hydrogens (tertiary/aromatic N) is 1. The highest BCUT2D eigenvalue weighted by atomic mass is 16.5. The Morgan fingerprint density at radius 3 is 2.71 bits per heavy atom. The van der Waals surface area contributed by atoms with E-state index in [1.54, 1.807) is 36.1 Å². The summed E-state index contributed by atoms with van der Waals surface area (Å²) < 4.78 is 5.58. The van der Waals surface area contributed by atoms with Crippen molar-refractivity contribution < 1.29 is 24.2 Å². The molecular formula is C18H23NO5. The minimum absolute atomic E-state index is 0.0216. The molecule has 1 aromatic rings. The highest BCUT2D eigenvalue weighted by Gasteiger charge is 2.37. The SMILES string of the molecule is CC(=O)c1cccc(OCCCC(=O)N2CCC(C(=O)O)C2C)c1. The largest absolute Gasteiger partial charge is 0.494 e. The highest BCUT2D eigenvalue weighted by Crippen LogP contribution is 2.25. The maximum Gasteiger partial charge on any atom is 0.308 e. The molecule has 0 aromatic heterocycles. The summed E-state index contributed by atoms with van der Waals surface area (Å²) in [6, 6.07) is 6.68. The van der Waals surface area contributed by atoms with Crippen molar-refractivity contribution >= 4 is 17.7 Å². The van der Waals surface area contributed by atoms with Crippen LogP contribution in [-0.2, 0) is 9.59 Å². The molecule has 1 aliphatic heterocycles. The smallest absolute Gasteiger partial charge is 0.308 e. The van der Waals surface area contributed by atoms with Gasteiger partial charge in [0.1, 0.15) is 5.75 Å². The molecule has 0 radical (unpaired) electrons. The van der Waals surface area contributed by atoms with Crippen molar-refractivity contribution in [2.45, 2.75) is 39.2 Å². The molecular weight excluding hydrogens is 310 g/mol. The second-order valence-corrected chi connectivity index (χ2v) is 6.10. The van der Waals surface area contributed by atoms with E-state index in [0.29, 0.717) is 43.7 Å². The van der Waals surface area contributed by atoms with Crippen LogP contribution >= 0.6 is 0 Å².